The van der Waals surface area contributed by atoms with Crippen LogP contribution in [-0.4, -0.2) is 47.1 Å². The third kappa shape index (κ3) is 3.17. The Bertz CT molecular complexity index is 199. The zero-order valence-corrected chi connectivity index (χ0v) is 9.72. The van der Waals surface area contributed by atoms with Crippen molar-refractivity contribution in [1.29, 1.82) is 0 Å². The highest BCUT2D eigenvalue weighted by Gasteiger charge is 2.34. The number of hydrogen-bond acceptors (Lipinski definition) is 3. The van der Waals surface area contributed by atoms with Crippen LogP contribution in [0.2, 0.25) is 0 Å². The normalized spacial score (nSPS) is 28.1. The molecule has 4 heteroatoms. The first-order valence-corrected chi connectivity index (χ1v) is 6.33. The van der Waals surface area contributed by atoms with Crippen molar-refractivity contribution in [2.24, 2.45) is 11.8 Å². The number of likely N-dealkylation sites (tertiary alicyclic amines) is 1. The lowest BCUT2D eigenvalue weighted by molar-refractivity contribution is -0.142. The van der Waals surface area contributed by atoms with Crippen LogP contribution in [-0.2, 0) is 4.79 Å². The second kappa shape index (κ2) is 5.61. The van der Waals surface area contributed by atoms with Crippen molar-refractivity contribution in [1.82, 2.24) is 4.90 Å². The fourth-order valence-electron chi connectivity index (χ4n) is 1.91. The summed E-state index contributed by atoms with van der Waals surface area (Å²) in [7, 11) is 0. The van der Waals surface area contributed by atoms with Crippen LogP contribution in [0.15, 0.2) is 0 Å². The molecule has 14 heavy (non-hydrogen) atoms. The second-order valence-electron chi connectivity index (χ2n) is 3.88. The first kappa shape index (κ1) is 11.9. The second-order valence-corrected chi connectivity index (χ2v) is 5.27. The number of hydrogen-bond donors (Lipinski definition) is 1. The quantitative estimate of drug-likeness (QED) is 0.707. The molecule has 0 aromatic heterocycles. The molecular weight excluding hydrogens is 198 g/mol. The van der Waals surface area contributed by atoms with E-state index < -0.39 is 5.97 Å². The van der Waals surface area contributed by atoms with E-state index in [2.05, 4.69) is 11.8 Å². The number of carboxylic acid groups (broad SMARTS) is 1. The van der Waals surface area contributed by atoms with E-state index in [0.717, 1.165) is 31.1 Å². The van der Waals surface area contributed by atoms with Gasteiger partial charge < -0.3 is 10.0 Å². The number of thioether (sulfide) groups is 1. The first-order chi connectivity index (χ1) is 6.65. The highest BCUT2D eigenvalue weighted by molar-refractivity contribution is 7.99. The summed E-state index contributed by atoms with van der Waals surface area (Å²) in [5, 5.41) is 8.94. The van der Waals surface area contributed by atoms with Gasteiger partial charge in [0.2, 0.25) is 0 Å². The van der Waals surface area contributed by atoms with E-state index in [1.165, 1.54) is 0 Å². The van der Waals surface area contributed by atoms with E-state index >= 15 is 0 Å². The van der Waals surface area contributed by atoms with Crippen molar-refractivity contribution < 1.29 is 9.90 Å². The van der Waals surface area contributed by atoms with Crippen molar-refractivity contribution in [3.63, 3.8) is 0 Å². The smallest absolute Gasteiger partial charge is 0.308 e. The fraction of sp³-hybridized carbons (Fsp3) is 0.900. The summed E-state index contributed by atoms with van der Waals surface area (Å²) in [5.41, 5.74) is 0. The number of carboxylic acids is 1. The summed E-state index contributed by atoms with van der Waals surface area (Å²) >= 11 is 1.92. The van der Waals surface area contributed by atoms with E-state index in [1.807, 2.05) is 18.7 Å². The molecular formula is C10H19NO2S. The lowest BCUT2D eigenvalue weighted by atomic mass is 9.99. The topological polar surface area (TPSA) is 40.5 Å². The number of rotatable bonds is 5. The van der Waals surface area contributed by atoms with Gasteiger partial charge in [0.05, 0.1) is 5.92 Å². The van der Waals surface area contributed by atoms with Crippen LogP contribution in [0.1, 0.15) is 13.8 Å². The van der Waals surface area contributed by atoms with Crippen molar-refractivity contribution in [2.45, 2.75) is 13.8 Å². The maximum atomic E-state index is 10.9. The van der Waals surface area contributed by atoms with Crippen molar-refractivity contribution in [3.05, 3.63) is 0 Å². The summed E-state index contributed by atoms with van der Waals surface area (Å²) in [6.07, 6.45) is 0. The van der Waals surface area contributed by atoms with Crippen LogP contribution in [0.5, 0.6) is 0 Å². The molecule has 1 N–H and O–H groups in total. The molecule has 1 saturated heterocycles. The SMILES string of the molecule is CCSCCN1C[C@@H](C)[C@H](C(=O)O)C1. The molecule has 0 aliphatic carbocycles. The van der Waals surface area contributed by atoms with Crippen LogP contribution in [0.4, 0.5) is 0 Å². The van der Waals surface area contributed by atoms with Gasteiger partial charge in [0, 0.05) is 25.4 Å². The molecule has 0 radical (unpaired) electrons. The zero-order valence-electron chi connectivity index (χ0n) is 8.90. The van der Waals surface area contributed by atoms with Crippen LogP contribution in [0, 0.1) is 11.8 Å². The molecule has 0 spiro atoms. The number of nitrogens with zero attached hydrogens (tertiary/aromatic N) is 1. The molecule has 1 heterocycles. The molecule has 1 fully saturated rings. The minimum absolute atomic E-state index is 0.151. The Labute approximate surface area is 89.9 Å². The lowest BCUT2D eigenvalue weighted by Crippen LogP contribution is -2.25. The summed E-state index contributed by atoms with van der Waals surface area (Å²) in [6.45, 7) is 6.90. The number of carbonyl (C=O) groups is 1. The predicted molar refractivity (Wildman–Crippen MR) is 59.7 cm³/mol. The van der Waals surface area contributed by atoms with E-state index in [4.69, 9.17) is 5.11 Å². The Morgan fingerprint density at radius 3 is 2.79 bits per heavy atom. The van der Waals surface area contributed by atoms with Gasteiger partial charge in [-0.1, -0.05) is 13.8 Å². The molecule has 3 nitrogen and oxygen atoms in total. The first-order valence-electron chi connectivity index (χ1n) is 5.18. The van der Waals surface area contributed by atoms with E-state index in [0.29, 0.717) is 5.92 Å². The van der Waals surface area contributed by atoms with Crippen molar-refractivity contribution >= 4 is 17.7 Å². The third-order valence-electron chi connectivity index (χ3n) is 2.76. The predicted octanol–water partition coefficient (Wildman–Crippen LogP) is 1.39. The summed E-state index contributed by atoms with van der Waals surface area (Å²) in [4.78, 5) is 13.1. The maximum absolute atomic E-state index is 10.9. The molecule has 0 bridgehead atoms. The molecule has 0 unspecified atom stereocenters. The molecule has 2 atom stereocenters. The Morgan fingerprint density at radius 2 is 2.29 bits per heavy atom. The third-order valence-corrected chi connectivity index (χ3v) is 3.64. The minimum atomic E-state index is -0.636. The summed E-state index contributed by atoms with van der Waals surface area (Å²) < 4.78 is 0. The van der Waals surface area contributed by atoms with E-state index in [1.54, 1.807) is 0 Å². The average molecular weight is 217 g/mol. The van der Waals surface area contributed by atoms with Gasteiger partial charge in [-0.3, -0.25) is 4.79 Å². The Balaban J connectivity index is 2.28. The molecule has 0 saturated carbocycles. The summed E-state index contributed by atoms with van der Waals surface area (Å²) in [5.74, 6) is 1.78. The van der Waals surface area contributed by atoms with Gasteiger partial charge in [-0.2, -0.15) is 11.8 Å². The maximum Gasteiger partial charge on any atom is 0.308 e. The van der Waals surface area contributed by atoms with Crippen LogP contribution >= 0.6 is 11.8 Å². The Morgan fingerprint density at radius 1 is 1.57 bits per heavy atom. The number of aliphatic carboxylic acids is 1. The molecule has 1 aliphatic rings. The molecule has 0 aromatic rings. The van der Waals surface area contributed by atoms with Crippen LogP contribution in [0.3, 0.4) is 0 Å². The highest BCUT2D eigenvalue weighted by atomic mass is 32.2. The van der Waals surface area contributed by atoms with Gasteiger partial charge in [-0.05, 0) is 11.7 Å². The average Bonchev–Trinajstić information content (AvgIpc) is 2.47. The van der Waals surface area contributed by atoms with Gasteiger partial charge in [-0.15, -0.1) is 0 Å². The fourth-order valence-corrected chi connectivity index (χ4v) is 2.59. The van der Waals surface area contributed by atoms with Gasteiger partial charge in [0.15, 0.2) is 0 Å². The van der Waals surface area contributed by atoms with E-state index in [-0.39, 0.29) is 5.92 Å². The molecule has 1 rings (SSSR count). The van der Waals surface area contributed by atoms with Gasteiger partial charge >= 0.3 is 5.97 Å². The highest BCUT2D eigenvalue weighted by Crippen LogP contribution is 2.23. The van der Waals surface area contributed by atoms with Gasteiger partial charge in [0.1, 0.15) is 0 Å². The van der Waals surface area contributed by atoms with Gasteiger partial charge in [0.25, 0.3) is 0 Å². The van der Waals surface area contributed by atoms with Gasteiger partial charge in [-0.25, -0.2) is 0 Å². The monoisotopic (exact) mass is 217 g/mol. The molecule has 0 aromatic carbocycles. The Kier molecular flexibility index (Phi) is 4.75. The summed E-state index contributed by atoms with van der Waals surface area (Å²) in [6, 6.07) is 0. The minimum Gasteiger partial charge on any atom is -0.481 e. The molecule has 0 amide bonds. The lowest BCUT2D eigenvalue weighted by Gasteiger charge is -2.13. The zero-order chi connectivity index (χ0) is 10.6. The van der Waals surface area contributed by atoms with Crippen molar-refractivity contribution in [2.75, 3.05) is 31.1 Å². The molecule has 1 aliphatic heterocycles. The largest absolute Gasteiger partial charge is 0.481 e. The van der Waals surface area contributed by atoms with E-state index in [9.17, 15) is 4.79 Å². The Hall–Kier alpha value is -0.220. The van der Waals surface area contributed by atoms with Crippen LogP contribution in [0.25, 0.3) is 0 Å². The van der Waals surface area contributed by atoms with Crippen LogP contribution < -0.4 is 0 Å². The van der Waals surface area contributed by atoms with Crippen molar-refractivity contribution in [3.8, 4) is 0 Å². The molecule has 82 valence electrons. The standard InChI is InChI=1S/C10H19NO2S/c1-3-14-5-4-11-6-8(2)9(7-11)10(12)13/h8-9H,3-7H2,1-2H3,(H,12,13)/t8-,9-/m1/s1.